The normalized spacial score (nSPS) is 19.4. The zero-order valence-corrected chi connectivity index (χ0v) is 18.3. The molecule has 2 amide bonds. The maximum absolute atomic E-state index is 13.8. The van der Waals surface area contributed by atoms with Crippen LogP contribution in [0.3, 0.4) is 0 Å². The van der Waals surface area contributed by atoms with Gasteiger partial charge in [0.1, 0.15) is 18.1 Å². The van der Waals surface area contributed by atoms with Gasteiger partial charge in [-0.25, -0.2) is 23.2 Å². The number of ether oxygens (including phenoxy) is 1. The quantitative estimate of drug-likeness (QED) is 0.505. The Labute approximate surface area is 195 Å². The van der Waals surface area contributed by atoms with Gasteiger partial charge in [0.2, 0.25) is 11.9 Å². The van der Waals surface area contributed by atoms with Crippen molar-refractivity contribution >= 4 is 23.5 Å². The molecule has 0 aliphatic heterocycles. The minimum absolute atomic E-state index is 0.0889. The van der Waals surface area contributed by atoms with Gasteiger partial charge >= 0.3 is 6.09 Å². The lowest BCUT2D eigenvalue weighted by Crippen LogP contribution is -2.25. The van der Waals surface area contributed by atoms with Crippen LogP contribution in [-0.4, -0.2) is 43.1 Å². The van der Waals surface area contributed by atoms with Gasteiger partial charge in [-0.15, -0.1) is 5.10 Å². The number of nitrogens with zero attached hydrogens (tertiary/aromatic N) is 6. The van der Waals surface area contributed by atoms with Crippen molar-refractivity contribution < 1.29 is 27.5 Å². The fraction of sp³-hybridized carbons (Fsp3) is 0.286. The van der Waals surface area contributed by atoms with E-state index in [0.717, 1.165) is 6.07 Å². The summed E-state index contributed by atoms with van der Waals surface area (Å²) >= 11 is 0. The van der Waals surface area contributed by atoms with Gasteiger partial charge in [0.15, 0.2) is 16.9 Å². The van der Waals surface area contributed by atoms with Crippen molar-refractivity contribution in [3.63, 3.8) is 0 Å². The average Bonchev–Trinajstić information content (AvgIpc) is 3.38. The van der Waals surface area contributed by atoms with E-state index < -0.39 is 41.5 Å². The molecule has 0 spiro atoms. The first kappa shape index (κ1) is 23.6. The van der Waals surface area contributed by atoms with Crippen molar-refractivity contribution in [1.29, 1.82) is 5.26 Å². The molecule has 3 heterocycles. The smallest absolute Gasteiger partial charge is 0.413 e. The van der Waals surface area contributed by atoms with E-state index in [1.54, 1.807) is 6.07 Å². The molecule has 4 rings (SSSR count). The highest BCUT2D eigenvalue weighted by molar-refractivity contribution is 6.00. The fourth-order valence-corrected chi connectivity index (χ4v) is 3.22. The number of carbonyl (C=O) groups excluding carboxylic acids is 2. The second kappa shape index (κ2) is 9.01. The average molecular weight is 486 g/mol. The molecule has 0 aromatic carbocycles. The molecule has 14 heteroatoms. The van der Waals surface area contributed by atoms with Crippen LogP contribution in [0.4, 0.5) is 29.5 Å². The summed E-state index contributed by atoms with van der Waals surface area (Å²) in [6.45, 7) is 1.35. The van der Waals surface area contributed by atoms with Crippen LogP contribution in [0.15, 0.2) is 30.6 Å². The number of aryl methyl sites for hydroxylation is 1. The molecule has 3 aromatic heterocycles. The van der Waals surface area contributed by atoms with Crippen LogP contribution in [0.25, 0.3) is 11.4 Å². The fourth-order valence-electron chi connectivity index (χ4n) is 3.22. The number of rotatable bonds is 6. The molecule has 0 bridgehead atoms. The number of carbonyl (C=O) groups is 2. The molecule has 35 heavy (non-hydrogen) atoms. The lowest BCUT2D eigenvalue weighted by molar-refractivity contribution is -0.119. The maximum Gasteiger partial charge on any atom is 0.413 e. The van der Waals surface area contributed by atoms with Crippen molar-refractivity contribution in [3.8, 4) is 17.5 Å². The van der Waals surface area contributed by atoms with E-state index in [4.69, 9.17) is 10.00 Å². The summed E-state index contributed by atoms with van der Waals surface area (Å²) in [5.74, 6) is -2.43. The number of hydrogen-bond acceptors (Lipinski definition) is 8. The van der Waals surface area contributed by atoms with E-state index in [-0.39, 0.29) is 34.9 Å². The van der Waals surface area contributed by atoms with Crippen LogP contribution in [-0.2, 0) is 16.6 Å². The Kier molecular flexibility index (Phi) is 6.08. The molecule has 1 fully saturated rings. The van der Waals surface area contributed by atoms with Gasteiger partial charge in [0.25, 0.3) is 0 Å². The first-order valence-corrected chi connectivity index (χ1v) is 10.2. The van der Waals surface area contributed by atoms with Gasteiger partial charge in [-0.2, -0.15) is 9.65 Å². The lowest BCUT2D eigenvalue weighted by atomic mass is 10.1. The van der Waals surface area contributed by atoms with E-state index in [1.165, 1.54) is 37.0 Å². The summed E-state index contributed by atoms with van der Waals surface area (Å²) in [5.41, 5.74) is -1.29. The van der Waals surface area contributed by atoms with Crippen LogP contribution in [0.5, 0.6) is 0 Å². The Bertz CT molecular complexity index is 1340. The number of aromatic nitrogens is 5. The molecular formula is C21H17F3N8O3. The minimum Gasteiger partial charge on any atom is -0.441 e. The molecule has 1 aliphatic rings. The van der Waals surface area contributed by atoms with Crippen molar-refractivity contribution in [2.24, 2.45) is 12.5 Å². The minimum atomic E-state index is -1.68. The van der Waals surface area contributed by atoms with Crippen molar-refractivity contribution in [2.75, 3.05) is 10.6 Å². The monoisotopic (exact) mass is 486 g/mol. The van der Waals surface area contributed by atoms with Crippen molar-refractivity contribution in [3.05, 3.63) is 47.9 Å². The summed E-state index contributed by atoms with van der Waals surface area (Å²) < 4.78 is 47.0. The summed E-state index contributed by atoms with van der Waals surface area (Å²) in [6, 6.07) is 5.49. The first-order chi connectivity index (χ1) is 16.6. The molecule has 1 aliphatic carbocycles. The Balaban J connectivity index is 1.45. The molecule has 11 nitrogen and oxygen atoms in total. The molecule has 0 radical (unpaired) electrons. The van der Waals surface area contributed by atoms with Gasteiger partial charge in [-0.3, -0.25) is 15.1 Å². The number of nitrogens with one attached hydrogen (secondary N) is 2. The number of nitriles is 1. The molecule has 0 saturated heterocycles. The lowest BCUT2D eigenvalue weighted by Gasteiger charge is -2.15. The predicted molar refractivity (Wildman–Crippen MR) is 113 cm³/mol. The van der Waals surface area contributed by atoms with E-state index in [9.17, 15) is 22.8 Å². The van der Waals surface area contributed by atoms with Crippen LogP contribution >= 0.6 is 0 Å². The Morgan fingerprint density at radius 3 is 2.66 bits per heavy atom. The number of anilines is 2. The first-order valence-electron chi connectivity index (χ1n) is 10.2. The number of halogens is 3. The van der Waals surface area contributed by atoms with E-state index in [0.29, 0.717) is 6.20 Å². The SMILES string of the molecule is C[C@@H](OC(=O)Nc1c(-c2ccc(NC(=O)[C@@]3(C#N)C[C@@H]3F)cn2)nnn1C)c1cc(F)cnc1F. The molecule has 2 N–H and O–H groups in total. The van der Waals surface area contributed by atoms with Crippen LogP contribution in [0.1, 0.15) is 25.0 Å². The largest absolute Gasteiger partial charge is 0.441 e. The Morgan fingerprint density at radius 1 is 1.29 bits per heavy atom. The number of hydrogen-bond donors (Lipinski definition) is 2. The molecular weight excluding hydrogens is 469 g/mol. The number of amides is 2. The zero-order chi connectivity index (χ0) is 25.3. The van der Waals surface area contributed by atoms with Gasteiger partial charge in [0.05, 0.1) is 35.4 Å². The highest BCUT2D eigenvalue weighted by Gasteiger charge is 2.62. The summed E-state index contributed by atoms with van der Waals surface area (Å²) in [4.78, 5) is 32.0. The molecule has 3 aromatic rings. The third-order valence-electron chi connectivity index (χ3n) is 5.35. The maximum atomic E-state index is 13.8. The third-order valence-corrected chi connectivity index (χ3v) is 5.35. The van der Waals surface area contributed by atoms with E-state index in [1.807, 2.05) is 0 Å². The van der Waals surface area contributed by atoms with Crippen molar-refractivity contribution in [1.82, 2.24) is 25.0 Å². The zero-order valence-electron chi connectivity index (χ0n) is 18.3. The highest BCUT2D eigenvalue weighted by atomic mass is 19.1. The highest BCUT2D eigenvalue weighted by Crippen LogP contribution is 2.48. The van der Waals surface area contributed by atoms with Gasteiger partial charge in [0, 0.05) is 13.5 Å². The summed E-state index contributed by atoms with van der Waals surface area (Å²) in [6.07, 6.45) is -1.85. The summed E-state index contributed by atoms with van der Waals surface area (Å²) in [5, 5.41) is 21.7. The Morgan fingerprint density at radius 2 is 2.03 bits per heavy atom. The van der Waals surface area contributed by atoms with Gasteiger partial charge < -0.3 is 10.1 Å². The number of pyridine rings is 2. The second-order valence-corrected chi connectivity index (χ2v) is 7.76. The van der Waals surface area contributed by atoms with Crippen LogP contribution < -0.4 is 10.6 Å². The number of alkyl halides is 1. The molecule has 0 unspecified atom stereocenters. The third kappa shape index (κ3) is 4.60. The van der Waals surface area contributed by atoms with E-state index in [2.05, 4.69) is 30.9 Å². The van der Waals surface area contributed by atoms with Gasteiger partial charge in [-0.05, 0) is 25.1 Å². The molecule has 1 saturated carbocycles. The molecule has 180 valence electrons. The van der Waals surface area contributed by atoms with Crippen molar-refractivity contribution in [2.45, 2.75) is 25.6 Å². The summed E-state index contributed by atoms with van der Waals surface area (Å²) in [7, 11) is 1.49. The molecule has 3 atom stereocenters. The van der Waals surface area contributed by atoms with E-state index >= 15 is 0 Å². The van der Waals surface area contributed by atoms with Gasteiger partial charge in [-0.1, -0.05) is 5.21 Å². The topological polar surface area (TPSA) is 148 Å². The standard InChI is InChI=1S/C21H17F3N8O3/c1-10(13-5-11(22)7-27-17(13)24)35-20(34)29-18-16(30-31-32(18)2)14-4-3-12(8-26-14)28-19(33)21(9-25)6-15(21)23/h3-5,7-8,10,15H,6H2,1-2H3,(H,28,33)(H,29,34)/t10-,15+,21-/m1/s1. The second-order valence-electron chi connectivity index (χ2n) is 7.76. The predicted octanol–water partition coefficient (Wildman–Crippen LogP) is 3.05. The van der Waals surface area contributed by atoms with Crippen LogP contribution in [0, 0.1) is 28.5 Å². The Hall–Kier alpha value is -4.54. The van der Waals surface area contributed by atoms with Crippen LogP contribution in [0.2, 0.25) is 0 Å².